The smallest absolute Gasteiger partial charge is 0.254 e. The molecule has 0 saturated carbocycles. The fourth-order valence-electron chi connectivity index (χ4n) is 1.52. The van der Waals surface area contributed by atoms with Crippen LogP contribution in [-0.4, -0.2) is 48.1 Å². The van der Waals surface area contributed by atoms with Crippen molar-refractivity contribution in [1.29, 1.82) is 0 Å². The molecule has 0 aliphatic carbocycles. The van der Waals surface area contributed by atoms with Crippen molar-refractivity contribution in [2.45, 2.75) is 19.9 Å². The highest BCUT2D eigenvalue weighted by Gasteiger charge is 2.16. The van der Waals surface area contributed by atoms with Gasteiger partial charge in [-0.15, -0.1) is 11.3 Å². The normalized spacial score (nSPS) is 9.85. The summed E-state index contributed by atoms with van der Waals surface area (Å²) in [5.74, 6) is 4.86. The van der Waals surface area contributed by atoms with Crippen LogP contribution in [0.15, 0.2) is 11.4 Å². The summed E-state index contributed by atoms with van der Waals surface area (Å²) in [6.45, 7) is 3.54. The third-order valence-electron chi connectivity index (χ3n) is 2.31. The van der Waals surface area contributed by atoms with Crippen molar-refractivity contribution < 1.29 is 14.7 Å². The molecule has 0 atom stereocenters. The van der Waals surface area contributed by atoms with Gasteiger partial charge in [0.05, 0.1) is 17.0 Å². The first-order valence-electron chi connectivity index (χ1n) is 6.17. The minimum Gasteiger partial charge on any atom is -0.384 e. The molecule has 108 valence electrons. The summed E-state index contributed by atoms with van der Waals surface area (Å²) in [5, 5.41) is 13.0. The Bertz CT molecular complexity index is 540. The molecule has 0 fully saturated rings. The predicted octanol–water partition coefficient (Wildman–Crippen LogP) is 0.689. The van der Waals surface area contributed by atoms with E-state index in [9.17, 15) is 9.59 Å². The SMILES string of the molecule is CC(C)NC(=O)CN(C)C(=O)c1csc(C#CCO)c1. The summed E-state index contributed by atoms with van der Waals surface area (Å²) in [4.78, 5) is 25.8. The molecular weight excluding hydrogens is 276 g/mol. The first-order valence-corrected chi connectivity index (χ1v) is 7.05. The number of amides is 2. The number of rotatable bonds is 4. The molecule has 0 saturated heterocycles. The van der Waals surface area contributed by atoms with Gasteiger partial charge in [0.1, 0.15) is 6.61 Å². The van der Waals surface area contributed by atoms with Gasteiger partial charge in [0, 0.05) is 18.5 Å². The fourth-order valence-corrected chi connectivity index (χ4v) is 2.26. The molecule has 0 radical (unpaired) electrons. The van der Waals surface area contributed by atoms with Gasteiger partial charge in [-0.25, -0.2) is 0 Å². The molecule has 2 N–H and O–H groups in total. The van der Waals surface area contributed by atoms with Crippen molar-refractivity contribution in [3.05, 3.63) is 21.9 Å². The van der Waals surface area contributed by atoms with E-state index in [1.165, 1.54) is 16.2 Å². The predicted molar refractivity (Wildman–Crippen MR) is 78.5 cm³/mol. The Hall–Kier alpha value is -1.84. The first-order chi connectivity index (χ1) is 9.43. The quantitative estimate of drug-likeness (QED) is 0.803. The number of nitrogens with one attached hydrogen (secondary N) is 1. The average Bonchev–Trinajstić information content (AvgIpc) is 2.82. The van der Waals surface area contributed by atoms with Crippen LogP contribution in [0, 0.1) is 11.8 Å². The summed E-state index contributed by atoms with van der Waals surface area (Å²) in [6.07, 6.45) is 0. The summed E-state index contributed by atoms with van der Waals surface area (Å²) in [7, 11) is 1.58. The van der Waals surface area contributed by atoms with E-state index < -0.39 is 0 Å². The van der Waals surface area contributed by atoms with E-state index in [-0.39, 0.29) is 31.0 Å². The Labute approximate surface area is 122 Å². The Morgan fingerprint density at radius 3 is 2.80 bits per heavy atom. The summed E-state index contributed by atoms with van der Waals surface area (Å²) in [6, 6.07) is 1.71. The molecule has 0 aromatic carbocycles. The topological polar surface area (TPSA) is 69.6 Å². The monoisotopic (exact) mass is 294 g/mol. The minimum atomic E-state index is -0.225. The van der Waals surface area contributed by atoms with Gasteiger partial charge < -0.3 is 15.3 Å². The third-order valence-corrected chi connectivity index (χ3v) is 3.16. The molecule has 6 heteroatoms. The van der Waals surface area contributed by atoms with Crippen LogP contribution in [0.4, 0.5) is 0 Å². The van der Waals surface area contributed by atoms with Gasteiger partial charge in [0.2, 0.25) is 5.91 Å². The van der Waals surface area contributed by atoms with Crippen LogP contribution in [0.25, 0.3) is 0 Å². The number of thiophene rings is 1. The molecule has 0 spiro atoms. The standard InChI is InChI=1S/C14H18N2O3S/c1-10(2)15-13(18)8-16(3)14(19)11-7-12(20-9-11)5-4-6-17/h7,9-10,17H,6,8H2,1-3H3,(H,15,18). The van der Waals surface area contributed by atoms with Crippen molar-refractivity contribution in [1.82, 2.24) is 10.2 Å². The summed E-state index contributed by atoms with van der Waals surface area (Å²) >= 11 is 1.33. The van der Waals surface area contributed by atoms with Crippen molar-refractivity contribution in [2.75, 3.05) is 20.2 Å². The fraction of sp³-hybridized carbons (Fsp3) is 0.429. The maximum Gasteiger partial charge on any atom is 0.254 e. The Morgan fingerprint density at radius 2 is 2.20 bits per heavy atom. The van der Waals surface area contributed by atoms with Gasteiger partial charge in [0.25, 0.3) is 5.91 Å². The van der Waals surface area contributed by atoms with E-state index in [0.29, 0.717) is 10.4 Å². The number of carbonyl (C=O) groups is 2. The number of aliphatic hydroxyl groups excluding tert-OH is 1. The van der Waals surface area contributed by atoms with Gasteiger partial charge >= 0.3 is 0 Å². The zero-order valence-corrected chi connectivity index (χ0v) is 12.6. The lowest BCUT2D eigenvalue weighted by atomic mass is 10.2. The molecule has 0 unspecified atom stereocenters. The average molecular weight is 294 g/mol. The number of aliphatic hydroxyl groups is 1. The summed E-state index contributed by atoms with van der Waals surface area (Å²) in [5.41, 5.74) is 0.497. The van der Waals surface area contributed by atoms with E-state index in [1.54, 1.807) is 18.5 Å². The van der Waals surface area contributed by atoms with Crippen molar-refractivity contribution in [3.8, 4) is 11.8 Å². The van der Waals surface area contributed by atoms with Crippen molar-refractivity contribution in [2.24, 2.45) is 0 Å². The lowest BCUT2D eigenvalue weighted by molar-refractivity contribution is -0.122. The van der Waals surface area contributed by atoms with Gasteiger partial charge in [0.15, 0.2) is 0 Å². The number of likely N-dealkylation sites (N-methyl/N-ethyl adjacent to an activating group) is 1. The molecule has 1 rings (SSSR count). The number of hydrogen-bond donors (Lipinski definition) is 2. The molecule has 0 aliphatic heterocycles. The van der Waals surface area contributed by atoms with E-state index in [4.69, 9.17) is 5.11 Å². The van der Waals surface area contributed by atoms with E-state index >= 15 is 0 Å². The molecule has 0 aliphatic rings. The van der Waals surface area contributed by atoms with Gasteiger partial charge in [-0.3, -0.25) is 9.59 Å². The first kappa shape index (κ1) is 16.2. The number of carbonyl (C=O) groups excluding carboxylic acids is 2. The largest absolute Gasteiger partial charge is 0.384 e. The van der Waals surface area contributed by atoms with Crippen LogP contribution in [0.3, 0.4) is 0 Å². The molecule has 1 aromatic rings. The van der Waals surface area contributed by atoms with Gasteiger partial charge in [-0.2, -0.15) is 0 Å². The zero-order valence-electron chi connectivity index (χ0n) is 11.8. The second kappa shape index (κ2) is 7.68. The van der Waals surface area contributed by atoms with Crippen LogP contribution < -0.4 is 5.32 Å². The van der Waals surface area contributed by atoms with Gasteiger partial charge in [-0.1, -0.05) is 11.8 Å². The lowest BCUT2D eigenvalue weighted by Gasteiger charge is -2.17. The second-order valence-electron chi connectivity index (χ2n) is 4.54. The zero-order chi connectivity index (χ0) is 15.1. The maximum absolute atomic E-state index is 12.1. The Balaban J connectivity index is 2.65. The Kier molecular flexibility index (Phi) is 6.22. The minimum absolute atomic E-state index is 0.0184. The van der Waals surface area contributed by atoms with Gasteiger partial charge in [-0.05, 0) is 19.9 Å². The van der Waals surface area contributed by atoms with Crippen LogP contribution in [0.5, 0.6) is 0 Å². The van der Waals surface area contributed by atoms with Crippen LogP contribution in [0.1, 0.15) is 29.1 Å². The highest BCUT2D eigenvalue weighted by molar-refractivity contribution is 7.10. The van der Waals surface area contributed by atoms with Crippen LogP contribution >= 0.6 is 11.3 Å². The molecular formula is C14H18N2O3S. The second-order valence-corrected chi connectivity index (χ2v) is 5.45. The molecule has 0 bridgehead atoms. The molecule has 1 heterocycles. The molecule has 5 nitrogen and oxygen atoms in total. The number of hydrogen-bond acceptors (Lipinski definition) is 4. The molecule has 1 aromatic heterocycles. The third kappa shape index (κ3) is 5.03. The van der Waals surface area contributed by atoms with E-state index in [0.717, 1.165) is 0 Å². The number of nitrogens with zero attached hydrogens (tertiary/aromatic N) is 1. The highest BCUT2D eigenvalue weighted by Crippen LogP contribution is 2.15. The van der Waals surface area contributed by atoms with E-state index in [2.05, 4.69) is 17.2 Å². The highest BCUT2D eigenvalue weighted by atomic mass is 32.1. The summed E-state index contributed by atoms with van der Waals surface area (Å²) < 4.78 is 0. The van der Waals surface area contributed by atoms with Crippen molar-refractivity contribution in [3.63, 3.8) is 0 Å². The van der Waals surface area contributed by atoms with Crippen molar-refractivity contribution >= 4 is 23.2 Å². The molecule has 20 heavy (non-hydrogen) atoms. The Morgan fingerprint density at radius 1 is 1.50 bits per heavy atom. The van der Waals surface area contributed by atoms with Crippen LogP contribution in [0.2, 0.25) is 0 Å². The molecule has 2 amide bonds. The van der Waals surface area contributed by atoms with Crippen LogP contribution in [-0.2, 0) is 4.79 Å². The maximum atomic E-state index is 12.1. The lowest BCUT2D eigenvalue weighted by Crippen LogP contribution is -2.40. The van der Waals surface area contributed by atoms with E-state index in [1.807, 2.05) is 13.8 Å².